The number of hydrogen-bond donors (Lipinski definition) is 2. The van der Waals surface area contributed by atoms with Gasteiger partial charge in [-0.1, -0.05) is 36.0 Å². The predicted molar refractivity (Wildman–Crippen MR) is 92.2 cm³/mol. The van der Waals surface area contributed by atoms with Crippen LogP contribution in [0.25, 0.3) is 0 Å². The first-order valence-electron chi connectivity index (χ1n) is 7.83. The largest absolute Gasteiger partial charge is 0.478 e. The standard InChI is InChI=1S/C18H18N2O3S/c21-16(11-24-17-14(18(22)23)8-4-10-19-17)20-15-9-3-6-12-5-1-2-7-13(12)15/h1-2,4-5,7-8,10,15H,3,6,9,11H2,(H,20,21)(H,22,23)/t15-/m1/s1. The second-order valence-electron chi connectivity index (χ2n) is 5.66. The monoisotopic (exact) mass is 342 g/mol. The van der Waals surface area contributed by atoms with E-state index in [0.717, 1.165) is 31.0 Å². The molecule has 0 saturated heterocycles. The highest BCUT2D eigenvalue weighted by Crippen LogP contribution is 2.29. The first-order valence-corrected chi connectivity index (χ1v) is 8.82. The van der Waals surface area contributed by atoms with Crippen molar-refractivity contribution in [2.24, 2.45) is 0 Å². The Balaban J connectivity index is 1.62. The molecular formula is C18H18N2O3S. The highest BCUT2D eigenvalue weighted by atomic mass is 32.2. The number of pyridine rings is 1. The summed E-state index contributed by atoms with van der Waals surface area (Å²) in [5.74, 6) is -0.994. The molecule has 5 nitrogen and oxygen atoms in total. The van der Waals surface area contributed by atoms with E-state index in [1.807, 2.05) is 12.1 Å². The van der Waals surface area contributed by atoms with E-state index in [2.05, 4.69) is 22.4 Å². The van der Waals surface area contributed by atoms with Gasteiger partial charge in [0.2, 0.25) is 5.91 Å². The van der Waals surface area contributed by atoms with Crippen molar-refractivity contribution in [1.82, 2.24) is 10.3 Å². The summed E-state index contributed by atoms with van der Waals surface area (Å²) in [5, 5.41) is 12.6. The van der Waals surface area contributed by atoms with Crippen molar-refractivity contribution in [3.8, 4) is 0 Å². The number of carboxylic acids is 1. The summed E-state index contributed by atoms with van der Waals surface area (Å²) >= 11 is 1.15. The number of fused-ring (bicyclic) bond motifs is 1. The van der Waals surface area contributed by atoms with Gasteiger partial charge in [-0.05, 0) is 42.5 Å². The molecule has 24 heavy (non-hydrogen) atoms. The van der Waals surface area contributed by atoms with E-state index in [-0.39, 0.29) is 23.3 Å². The van der Waals surface area contributed by atoms with Crippen LogP contribution in [-0.2, 0) is 11.2 Å². The summed E-state index contributed by atoms with van der Waals surface area (Å²) in [5.41, 5.74) is 2.60. The molecule has 0 fully saturated rings. The van der Waals surface area contributed by atoms with E-state index < -0.39 is 5.97 Å². The van der Waals surface area contributed by atoms with Gasteiger partial charge in [-0.3, -0.25) is 4.79 Å². The molecule has 0 radical (unpaired) electrons. The number of thioether (sulfide) groups is 1. The Morgan fingerprint density at radius 3 is 2.92 bits per heavy atom. The molecule has 0 aliphatic heterocycles. The first-order chi connectivity index (χ1) is 11.6. The van der Waals surface area contributed by atoms with Gasteiger partial charge in [-0.25, -0.2) is 9.78 Å². The van der Waals surface area contributed by atoms with Crippen LogP contribution in [0, 0.1) is 0 Å². The molecule has 0 spiro atoms. The van der Waals surface area contributed by atoms with Crippen molar-refractivity contribution in [2.45, 2.75) is 30.3 Å². The maximum absolute atomic E-state index is 12.3. The SMILES string of the molecule is O=C(CSc1ncccc1C(=O)O)N[C@@H]1CCCc2ccccc21. The summed E-state index contributed by atoms with van der Waals surface area (Å²) in [6.07, 6.45) is 4.56. The zero-order valence-electron chi connectivity index (χ0n) is 13.1. The summed E-state index contributed by atoms with van der Waals surface area (Å²) in [6, 6.07) is 11.3. The van der Waals surface area contributed by atoms with Crippen molar-refractivity contribution in [2.75, 3.05) is 5.75 Å². The maximum Gasteiger partial charge on any atom is 0.338 e. The Kier molecular flexibility index (Phi) is 5.15. The normalized spacial score (nSPS) is 16.2. The number of nitrogens with zero attached hydrogens (tertiary/aromatic N) is 1. The molecule has 1 aromatic carbocycles. The Morgan fingerprint density at radius 1 is 1.25 bits per heavy atom. The lowest BCUT2D eigenvalue weighted by atomic mass is 9.88. The van der Waals surface area contributed by atoms with Gasteiger partial charge in [0.1, 0.15) is 5.03 Å². The molecule has 2 aromatic rings. The summed E-state index contributed by atoms with van der Waals surface area (Å²) < 4.78 is 0. The number of nitrogens with one attached hydrogen (secondary N) is 1. The Hall–Kier alpha value is -2.34. The molecule has 1 atom stereocenters. The fourth-order valence-corrected chi connectivity index (χ4v) is 3.74. The van der Waals surface area contributed by atoms with Crippen molar-refractivity contribution < 1.29 is 14.7 Å². The number of carbonyl (C=O) groups is 2. The van der Waals surface area contributed by atoms with Crippen LogP contribution in [0.4, 0.5) is 0 Å². The van der Waals surface area contributed by atoms with E-state index in [9.17, 15) is 9.59 Å². The lowest BCUT2D eigenvalue weighted by molar-refractivity contribution is -0.119. The van der Waals surface area contributed by atoms with E-state index in [1.54, 1.807) is 6.07 Å². The molecule has 1 aliphatic carbocycles. The molecular weight excluding hydrogens is 324 g/mol. The minimum absolute atomic E-state index is 0.0331. The average molecular weight is 342 g/mol. The molecule has 0 saturated carbocycles. The second kappa shape index (κ2) is 7.49. The van der Waals surface area contributed by atoms with Gasteiger partial charge in [-0.15, -0.1) is 0 Å². The van der Waals surface area contributed by atoms with Crippen LogP contribution in [0.3, 0.4) is 0 Å². The maximum atomic E-state index is 12.3. The van der Waals surface area contributed by atoms with Crippen LogP contribution >= 0.6 is 11.8 Å². The number of benzene rings is 1. The lowest BCUT2D eigenvalue weighted by Crippen LogP contribution is -2.32. The number of aromatic carboxylic acids is 1. The van der Waals surface area contributed by atoms with Gasteiger partial charge < -0.3 is 10.4 Å². The van der Waals surface area contributed by atoms with E-state index in [1.165, 1.54) is 23.4 Å². The van der Waals surface area contributed by atoms with Crippen molar-refractivity contribution >= 4 is 23.6 Å². The fourth-order valence-electron chi connectivity index (χ4n) is 2.94. The zero-order valence-corrected chi connectivity index (χ0v) is 13.9. The van der Waals surface area contributed by atoms with Gasteiger partial charge in [-0.2, -0.15) is 0 Å². The van der Waals surface area contributed by atoms with Gasteiger partial charge in [0.25, 0.3) is 0 Å². The van der Waals surface area contributed by atoms with Crippen LogP contribution in [0.2, 0.25) is 0 Å². The van der Waals surface area contributed by atoms with Crippen LogP contribution in [0.5, 0.6) is 0 Å². The average Bonchev–Trinajstić information content (AvgIpc) is 2.60. The third-order valence-corrected chi connectivity index (χ3v) is 5.05. The molecule has 1 aromatic heterocycles. The van der Waals surface area contributed by atoms with Crippen molar-refractivity contribution in [3.63, 3.8) is 0 Å². The number of aryl methyl sites for hydroxylation is 1. The Bertz CT molecular complexity index is 763. The van der Waals surface area contributed by atoms with Gasteiger partial charge in [0, 0.05) is 6.20 Å². The molecule has 1 heterocycles. The summed E-state index contributed by atoms with van der Waals surface area (Å²) in [4.78, 5) is 27.5. The van der Waals surface area contributed by atoms with Gasteiger partial charge in [0.05, 0.1) is 17.4 Å². The lowest BCUT2D eigenvalue weighted by Gasteiger charge is -2.26. The highest BCUT2D eigenvalue weighted by Gasteiger charge is 2.21. The zero-order chi connectivity index (χ0) is 16.9. The summed E-state index contributed by atoms with van der Waals surface area (Å²) in [6.45, 7) is 0. The molecule has 1 amide bonds. The molecule has 124 valence electrons. The predicted octanol–water partition coefficient (Wildman–Crippen LogP) is 3.07. The smallest absolute Gasteiger partial charge is 0.338 e. The minimum atomic E-state index is -1.03. The molecule has 1 aliphatic rings. The summed E-state index contributed by atoms with van der Waals surface area (Å²) in [7, 11) is 0. The Labute approximate surface area is 144 Å². The number of amides is 1. The number of rotatable bonds is 5. The van der Waals surface area contributed by atoms with Gasteiger partial charge in [0.15, 0.2) is 0 Å². The third kappa shape index (κ3) is 3.76. The minimum Gasteiger partial charge on any atom is -0.478 e. The van der Waals surface area contributed by atoms with Crippen molar-refractivity contribution in [3.05, 3.63) is 59.3 Å². The van der Waals surface area contributed by atoms with E-state index in [0.29, 0.717) is 5.03 Å². The number of aromatic nitrogens is 1. The number of carboxylic acid groups (broad SMARTS) is 1. The number of carbonyl (C=O) groups excluding carboxylic acids is 1. The topological polar surface area (TPSA) is 79.3 Å². The molecule has 2 N–H and O–H groups in total. The van der Waals surface area contributed by atoms with Crippen LogP contribution in [0.15, 0.2) is 47.6 Å². The highest BCUT2D eigenvalue weighted by molar-refractivity contribution is 8.00. The molecule has 0 bridgehead atoms. The molecule has 6 heteroatoms. The molecule has 3 rings (SSSR count). The van der Waals surface area contributed by atoms with Crippen LogP contribution < -0.4 is 5.32 Å². The number of hydrogen-bond acceptors (Lipinski definition) is 4. The molecule has 0 unspecified atom stereocenters. The van der Waals surface area contributed by atoms with E-state index in [4.69, 9.17) is 5.11 Å². The van der Waals surface area contributed by atoms with E-state index >= 15 is 0 Å². The van der Waals surface area contributed by atoms with Crippen molar-refractivity contribution in [1.29, 1.82) is 0 Å². The quantitative estimate of drug-likeness (QED) is 0.817. The Morgan fingerprint density at radius 2 is 2.08 bits per heavy atom. The first kappa shape index (κ1) is 16.5. The van der Waals surface area contributed by atoms with Crippen LogP contribution in [0.1, 0.15) is 40.4 Å². The third-order valence-electron chi connectivity index (χ3n) is 4.05. The van der Waals surface area contributed by atoms with Crippen LogP contribution in [-0.4, -0.2) is 27.7 Å². The fraction of sp³-hybridized carbons (Fsp3) is 0.278. The second-order valence-corrected chi connectivity index (χ2v) is 6.63. The van der Waals surface area contributed by atoms with Gasteiger partial charge >= 0.3 is 5.97 Å².